The van der Waals surface area contributed by atoms with E-state index in [4.69, 9.17) is 4.74 Å². The number of esters is 1. The van der Waals surface area contributed by atoms with Gasteiger partial charge in [-0.05, 0) is 68.1 Å². The van der Waals surface area contributed by atoms with Gasteiger partial charge in [0.1, 0.15) is 6.10 Å². The Bertz CT molecular complexity index is 762. The Hall–Kier alpha value is -2.41. The Morgan fingerprint density at radius 1 is 1.28 bits per heavy atom. The summed E-state index contributed by atoms with van der Waals surface area (Å²) in [6, 6.07) is 11.9. The van der Waals surface area contributed by atoms with E-state index in [-0.39, 0.29) is 18.3 Å². The first-order valence-corrected chi connectivity index (χ1v) is 10.6. The second kappa shape index (κ2) is 10.4. The Balaban J connectivity index is 2.25. The van der Waals surface area contributed by atoms with Gasteiger partial charge in [-0.1, -0.05) is 57.5 Å². The number of nitrogens with zero attached hydrogens (tertiary/aromatic N) is 1. The van der Waals surface area contributed by atoms with E-state index in [1.807, 2.05) is 30.3 Å². The lowest BCUT2D eigenvalue weighted by molar-refractivity contribution is -0.162. The van der Waals surface area contributed by atoms with Gasteiger partial charge in [0.15, 0.2) is 11.2 Å². The zero-order valence-electron chi connectivity index (χ0n) is 18.1. The van der Waals surface area contributed by atoms with Crippen molar-refractivity contribution in [3.05, 3.63) is 48.0 Å². The number of benzene rings is 1. The largest absolute Gasteiger partial charge is 0.461 e. The van der Waals surface area contributed by atoms with E-state index in [0.29, 0.717) is 24.2 Å². The standard InChI is InChI=1S/C25H33NO3/c1-18(2)22-11-10-19(3)16-23(22)29-24(28)25(17-26,14-12-20(4)27)15-13-21-8-6-5-7-9-21/h5-9,12,14,18-19,22-23H,10-11,13,15-16H2,1-4H3/b14-12+/t19-,22+,23-,25?/m1/s1. The third-order valence-electron chi connectivity index (χ3n) is 6.04. The number of ketones is 1. The van der Waals surface area contributed by atoms with E-state index in [0.717, 1.165) is 24.8 Å². The SMILES string of the molecule is CC(=O)/C=C/C(C#N)(CCc1ccccc1)C(=O)O[C@@H]1C[C@H](C)CC[C@H]1C(C)C. The first kappa shape index (κ1) is 22.9. The molecule has 1 fully saturated rings. The maximum absolute atomic E-state index is 13.3. The van der Waals surface area contributed by atoms with Crippen molar-refractivity contribution < 1.29 is 14.3 Å². The van der Waals surface area contributed by atoms with Crippen molar-refractivity contribution in [2.75, 3.05) is 0 Å². The monoisotopic (exact) mass is 395 g/mol. The van der Waals surface area contributed by atoms with E-state index in [2.05, 4.69) is 26.8 Å². The highest BCUT2D eigenvalue weighted by Gasteiger charge is 2.42. The zero-order chi connectivity index (χ0) is 21.4. The second-order valence-corrected chi connectivity index (χ2v) is 8.78. The molecule has 4 nitrogen and oxygen atoms in total. The summed E-state index contributed by atoms with van der Waals surface area (Å²) in [4.78, 5) is 24.8. The molecule has 0 heterocycles. The van der Waals surface area contributed by atoms with Crippen LogP contribution < -0.4 is 0 Å². The van der Waals surface area contributed by atoms with Gasteiger partial charge in [-0.15, -0.1) is 0 Å². The molecular formula is C25H33NO3. The summed E-state index contributed by atoms with van der Waals surface area (Å²) in [5.74, 6) is 0.490. The number of carbonyl (C=O) groups excluding carboxylic acids is 2. The molecule has 29 heavy (non-hydrogen) atoms. The highest BCUT2D eigenvalue weighted by Crippen LogP contribution is 2.37. The van der Waals surface area contributed by atoms with E-state index < -0.39 is 11.4 Å². The van der Waals surface area contributed by atoms with Crippen LogP contribution in [0.4, 0.5) is 0 Å². The Morgan fingerprint density at radius 3 is 2.55 bits per heavy atom. The minimum Gasteiger partial charge on any atom is -0.461 e. The van der Waals surface area contributed by atoms with Crippen molar-refractivity contribution in [1.82, 2.24) is 0 Å². The molecule has 0 saturated heterocycles. The first-order chi connectivity index (χ1) is 13.8. The Kier molecular flexibility index (Phi) is 8.20. The maximum atomic E-state index is 13.3. The van der Waals surface area contributed by atoms with Crippen LogP contribution >= 0.6 is 0 Å². The van der Waals surface area contributed by atoms with Crippen LogP contribution in [0.5, 0.6) is 0 Å². The summed E-state index contributed by atoms with van der Waals surface area (Å²) in [5, 5.41) is 9.98. The fourth-order valence-corrected chi connectivity index (χ4v) is 4.13. The molecule has 0 amide bonds. The lowest BCUT2D eigenvalue weighted by Crippen LogP contribution is -2.40. The van der Waals surface area contributed by atoms with E-state index in [9.17, 15) is 14.9 Å². The Morgan fingerprint density at radius 2 is 1.97 bits per heavy atom. The summed E-state index contributed by atoms with van der Waals surface area (Å²) in [5.41, 5.74) is -0.411. The van der Waals surface area contributed by atoms with Crippen LogP contribution in [-0.2, 0) is 20.7 Å². The van der Waals surface area contributed by atoms with E-state index in [1.165, 1.54) is 19.1 Å². The lowest BCUT2D eigenvalue weighted by atomic mass is 9.75. The Labute approximate surface area is 174 Å². The number of carbonyl (C=O) groups is 2. The summed E-state index contributed by atoms with van der Waals surface area (Å²) >= 11 is 0. The van der Waals surface area contributed by atoms with Gasteiger partial charge in [0, 0.05) is 0 Å². The molecule has 0 N–H and O–H groups in total. The first-order valence-electron chi connectivity index (χ1n) is 10.6. The molecule has 2 rings (SSSR count). The molecule has 156 valence electrons. The van der Waals surface area contributed by atoms with Crippen molar-refractivity contribution in [2.45, 2.75) is 65.9 Å². The fraction of sp³-hybridized carbons (Fsp3) is 0.560. The number of allylic oxidation sites excluding steroid dienone is 1. The topological polar surface area (TPSA) is 67.2 Å². The summed E-state index contributed by atoms with van der Waals surface area (Å²) in [6.07, 6.45) is 6.41. The second-order valence-electron chi connectivity index (χ2n) is 8.78. The quantitative estimate of drug-likeness (QED) is 0.444. The normalized spacial score (nSPS) is 24.1. The number of aryl methyl sites for hydroxylation is 1. The average molecular weight is 396 g/mol. The fourth-order valence-electron chi connectivity index (χ4n) is 4.13. The summed E-state index contributed by atoms with van der Waals surface area (Å²) in [7, 11) is 0. The zero-order valence-corrected chi connectivity index (χ0v) is 18.1. The van der Waals surface area contributed by atoms with Crippen LogP contribution in [0.1, 0.15) is 58.9 Å². The predicted molar refractivity (Wildman–Crippen MR) is 114 cm³/mol. The maximum Gasteiger partial charge on any atom is 0.330 e. The molecule has 1 aliphatic rings. The lowest BCUT2D eigenvalue weighted by Gasteiger charge is -2.38. The van der Waals surface area contributed by atoms with E-state index in [1.54, 1.807) is 0 Å². The number of hydrogen-bond donors (Lipinski definition) is 0. The van der Waals surface area contributed by atoms with Crippen LogP contribution in [0.2, 0.25) is 0 Å². The van der Waals surface area contributed by atoms with Gasteiger partial charge in [-0.3, -0.25) is 4.79 Å². The number of ether oxygens (including phenoxy) is 1. The molecule has 0 radical (unpaired) electrons. The molecule has 0 spiro atoms. The highest BCUT2D eigenvalue weighted by molar-refractivity contribution is 5.90. The van der Waals surface area contributed by atoms with Crippen LogP contribution in [0, 0.1) is 34.5 Å². The van der Waals surface area contributed by atoms with Crippen LogP contribution in [0.25, 0.3) is 0 Å². The molecule has 4 atom stereocenters. The molecule has 0 aliphatic heterocycles. The molecule has 1 saturated carbocycles. The predicted octanol–water partition coefficient (Wildman–Crippen LogP) is 5.28. The minimum absolute atomic E-state index is 0.179. The highest BCUT2D eigenvalue weighted by atomic mass is 16.5. The number of nitriles is 1. The molecular weight excluding hydrogens is 362 g/mol. The number of rotatable bonds is 8. The van der Waals surface area contributed by atoms with Crippen LogP contribution in [0.15, 0.2) is 42.5 Å². The third kappa shape index (κ3) is 6.29. The van der Waals surface area contributed by atoms with Gasteiger partial charge in [-0.2, -0.15) is 5.26 Å². The molecule has 0 bridgehead atoms. The van der Waals surface area contributed by atoms with Gasteiger partial charge < -0.3 is 4.74 Å². The van der Waals surface area contributed by atoms with Crippen LogP contribution in [0.3, 0.4) is 0 Å². The van der Waals surface area contributed by atoms with Crippen molar-refractivity contribution in [3.8, 4) is 6.07 Å². The summed E-state index contributed by atoms with van der Waals surface area (Å²) in [6.45, 7) is 7.91. The van der Waals surface area contributed by atoms with Crippen LogP contribution in [-0.4, -0.2) is 17.9 Å². The number of hydrogen-bond acceptors (Lipinski definition) is 4. The van der Waals surface area contributed by atoms with Gasteiger partial charge in [0.2, 0.25) is 0 Å². The van der Waals surface area contributed by atoms with Crippen molar-refractivity contribution in [1.29, 1.82) is 5.26 Å². The third-order valence-corrected chi connectivity index (χ3v) is 6.04. The van der Waals surface area contributed by atoms with Crippen molar-refractivity contribution in [2.24, 2.45) is 23.2 Å². The van der Waals surface area contributed by atoms with E-state index >= 15 is 0 Å². The molecule has 0 aromatic heterocycles. The smallest absolute Gasteiger partial charge is 0.330 e. The van der Waals surface area contributed by atoms with Gasteiger partial charge in [0.05, 0.1) is 6.07 Å². The van der Waals surface area contributed by atoms with Crippen molar-refractivity contribution >= 4 is 11.8 Å². The summed E-state index contributed by atoms with van der Waals surface area (Å²) < 4.78 is 5.99. The molecule has 1 aliphatic carbocycles. The van der Waals surface area contributed by atoms with Gasteiger partial charge >= 0.3 is 5.97 Å². The van der Waals surface area contributed by atoms with Gasteiger partial charge in [0.25, 0.3) is 0 Å². The van der Waals surface area contributed by atoms with Gasteiger partial charge in [-0.25, -0.2) is 4.79 Å². The molecule has 1 unspecified atom stereocenters. The van der Waals surface area contributed by atoms with Crippen molar-refractivity contribution in [3.63, 3.8) is 0 Å². The molecule has 1 aromatic carbocycles. The average Bonchev–Trinajstić information content (AvgIpc) is 2.69. The molecule has 4 heteroatoms. The molecule has 1 aromatic rings. The minimum atomic E-state index is -1.45.